The zero-order valence-corrected chi connectivity index (χ0v) is 19.5. The van der Waals surface area contributed by atoms with Crippen molar-refractivity contribution in [2.75, 3.05) is 6.54 Å². The highest BCUT2D eigenvalue weighted by Crippen LogP contribution is 2.60. The number of rotatable bonds is 0. The molecule has 8 rings (SSSR count). The summed E-state index contributed by atoms with van der Waals surface area (Å²) in [6.07, 6.45) is 8.10. The van der Waals surface area contributed by atoms with Crippen molar-refractivity contribution in [3.05, 3.63) is 40.6 Å². The van der Waals surface area contributed by atoms with E-state index in [1.165, 1.54) is 0 Å². The van der Waals surface area contributed by atoms with Gasteiger partial charge in [-0.2, -0.15) is 0 Å². The van der Waals surface area contributed by atoms with Crippen LogP contribution in [0, 0.1) is 16.5 Å². The zero-order valence-electron chi connectivity index (χ0n) is 19.5. The number of fused-ring (bicyclic) bond motifs is 6. The van der Waals surface area contributed by atoms with Crippen molar-refractivity contribution < 1.29 is 19.4 Å². The molecule has 2 spiro atoms. The molecule has 1 aliphatic carbocycles. The van der Waals surface area contributed by atoms with Crippen LogP contribution in [0.5, 0.6) is 5.75 Å². The molecule has 0 radical (unpaired) electrons. The second kappa shape index (κ2) is 5.53. The number of carbonyl (C=O) groups excluding carboxylic acids is 2. The van der Waals surface area contributed by atoms with Gasteiger partial charge in [0.25, 0.3) is 5.91 Å². The fourth-order valence-electron chi connectivity index (χ4n) is 7.83. The highest BCUT2D eigenvalue weighted by atomic mass is 16.5. The number of piperazine rings is 1. The van der Waals surface area contributed by atoms with Gasteiger partial charge in [-0.15, -0.1) is 0 Å². The highest BCUT2D eigenvalue weighted by molar-refractivity contribution is 6.08. The van der Waals surface area contributed by atoms with Gasteiger partial charge in [-0.3, -0.25) is 9.59 Å². The molecule has 0 aromatic heterocycles. The molecular weight excluding hydrogens is 418 g/mol. The van der Waals surface area contributed by atoms with Crippen LogP contribution in [-0.4, -0.2) is 46.0 Å². The van der Waals surface area contributed by atoms with E-state index in [-0.39, 0.29) is 28.8 Å². The van der Waals surface area contributed by atoms with Crippen molar-refractivity contribution in [3.8, 4) is 5.75 Å². The standard InChI is InChI=1S/C26H29N3O4/c1-23(2)10-8-15-17(33-23)7-6-14-16-12-26-18(24(3,4)20(16)29(32)19(14)15)13-25(21(30)27-26)9-5-11-28(25)22(26)31/h6-8,10,12,18,20,29H,5,9,11,13H2,1-4H3,(H,27,30)/t18-,20?,25+,26+/m0/s1. The molecule has 7 heteroatoms. The molecule has 2 unspecified atom stereocenters. The summed E-state index contributed by atoms with van der Waals surface area (Å²) in [7, 11) is 0. The summed E-state index contributed by atoms with van der Waals surface area (Å²) < 4.78 is 6.14. The van der Waals surface area contributed by atoms with Crippen LogP contribution < -0.4 is 15.1 Å². The predicted molar refractivity (Wildman–Crippen MR) is 122 cm³/mol. The molecule has 1 aromatic rings. The number of nitrogens with one attached hydrogen (secondary N) is 2. The maximum atomic E-state index is 14.0. The number of benzene rings is 1. The van der Waals surface area contributed by atoms with Gasteiger partial charge in [-0.05, 0) is 63.5 Å². The molecule has 2 bridgehead atoms. The molecule has 172 valence electrons. The number of carbonyl (C=O) groups is 2. The largest absolute Gasteiger partial charge is 0.628 e. The minimum absolute atomic E-state index is 0.00119. The van der Waals surface area contributed by atoms with E-state index in [1.54, 1.807) is 0 Å². The first-order valence-electron chi connectivity index (χ1n) is 12.0. The summed E-state index contributed by atoms with van der Waals surface area (Å²) in [6.45, 7) is 8.84. The van der Waals surface area contributed by atoms with Gasteiger partial charge in [0.05, 0.1) is 5.56 Å². The summed E-state index contributed by atoms with van der Waals surface area (Å²) >= 11 is 0. The first-order chi connectivity index (χ1) is 15.5. The maximum Gasteiger partial charge on any atom is 0.253 e. The van der Waals surface area contributed by atoms with Gasteiger partial charge < -0.3 is 25.2 Å². The molecule has 4 saturated heterocycles. The Kier molecular flexibility index (Phi) is 3.32. The van der Waals surface area contributed by atoms with Crippen LogP contribution in [0.15, 0.2) is 24.3 Å². The van der Waals surface area contributed by atoms with Crippen molar-refractivity contribution in [3.63, 3.8) is 0 Å². The second-order valence-corrected chi connectivity index (χ2v) is 11.8. The third-order valence-electron chi connectivity index (χ3n) is 9.31. The molecule has 0 saturated carbocycles. The van der Waals surface area contributed by atoms with Gasteiger partial charge in [0.1, 0.15) is 28.5 Å². The Labute approximate surface area is 193 Å². The summed E-state index contributed by atoms with van der Waals surface area (Å²) in [6, 6.07) is 3.55. The van der Waals surface area contributed by atoms with Gasteiger partial charge in [0.15, 0.2) is 5.69 Å². The van der Waals surface area contributed by atoms with Gasteiger partial charge in [0, 0.05) is 29.0 Å². The lowest BCUT2D eigenvalue weighted by atomic mass is 9.51. The Morgan fingerprint density at radius 1 is 1.21 bits per heavy atom. The lowest BCUT2D eigenvalue weighted by Gasteiger charge is -2.64. The quantitative estimate of drug-likeness (QED) is 0.596. The van der Waals surface area contributed by atoms with Crippen molar-refractivity contribution in [1.29, 1.82) is 0 Å². The van der Waals surface area contributed by atoms with E-state index in [9.17, 15) is 14.8 Å². The van der Waals surface area contributed by atoms with Crippen molar-refractivity contribution >= 4 is 29.2 Å². The van der Waals surface area contributed by atoms with Crippen LogP contribution in [0.25, 0.3) is 11.6 Å². The Morgan fingerprint density at radius 2 is 2.00 bits per heavy atom. The molecule has 6 heterocycles. The normalized spacial score (nSPS) is 40.2. The third kappa shape index (κ3) is 2.06. The van der Waals surface area contributed by atoms with E-state index in [2.05, 4.69) is 19.2 Å². The number of hydroxylamine groups is 1. The molecular formula is C26H29N3O4. The number of ether oxygens (including phenoxy) is 1. The minimum Gasteiger partial charge on any atom is -0.628 e. The first-order valence-corrected chi connectivity index (χ1v) is 12.0. The lowest BCUT2D eigenvalue weighted by Crippen LogP contribution is -3.08. The summed E-state index contributed by atoms with van der Waals surface area (Å²) in [5.74, 6) is 0.555. The first kappa shape index (κ1) is 19.8. The SMILES string of the molecule is CC1(C)C=Cc2c(ccc3c2[NH+]([O-])C2C3=C[C@]34NC(=O)[C@@]5(CCCN5C3=O)C[C@H]4C2(C)C)O1. The lowest BCUT2D eigenvalue weighted by molar-refractivity contribution is -0.802. The topological polar surface area (TPSA) is 86.1 Å². The summed E-state index contributed by atoms with van der Waals surface area (Å²) in [5, 5.41) is 17.3. The molecule has 1 aromatic carbocycles. The molecule has 7 nitrogen and oxygen atoms in total. The number of nitrogens with zero attached hydrogens (tertiary/aromatic N) is 1. The molecule has 5 atom stereocenters. The number of hydrogen-bond donors (Lipinski definition) is 2. The van der Waals surface area contributed by atoms with Gasteiger partial charge in [-0.1, -0.05) is 13.8 Å². The van der Waals surface area contributed by atoms with Crippen LogP contribution in [0.1, 0.15) is 58.1 Å². The van der Waals surface area contributed by atoms with Gasteiger partial charge in [-0.25, -0.2) is 0 Å². The minimum atomic E-state index is -1.08. The molecule has 2 N–H and O–H groups in total. The summed E-state index contributed by atoms with van der Waals surface area (Å²) in [5.41, 5.74) is 0.503. The smallest absolute Gasteiger partial charge is 0.253 e. The fraction of sp³-hybridized carbons (Fsp3) is 0.538. The van der Waals surface area contributed by atoms with Gasteiger partial charge >= 0.3 is 0 Å². The van der Waals surface area contributed by atoms with Crippen molar-refractivity contribution in [2.24, 2.45) is 11.3 Å². The Balaban J connectivity index is 1.46. The number of hydrogen-bond acceptors (Lipinski definition) is 4. The summed E-state index contributed by atoms with van der Waals surface area (Å²) in [4.78, 5) is 29.0. The molecule has 2 amide bonds. The maximum absolute atomic E-state index is 14.0. The average Bonchev–Trinajstić information content (AvgIpc) is 3.29. The highest BCUT2D eigenvalue weighted by Gasteiger charge is 2.74. The van der Waals surface area contributed by atoms with Crippen LogP contribution in [0.2, 0.25) is 0 Å². The van der Waals surface area contributed by atoms with E-state index in [0.717, 1.165) is 23.1 Å². The average molecular weight is 448 g/mol. The fourth-order valence-corrected chi connectivity index (χ4v) is 7.83. The van der Waals surface area contributed by atoms with Crippen molar-refractivity contribution in [1.82, 2.24) is 10.2 Å². The van der Waals surface area contributed by atoms with Crippen LogP contribution >= 0.6 is 0 Å². The van der Waals surface area contributed by atoms with Crippen LogP contribution in [0.4, 0.5) is 5.69 Å². The Bertz CT molecular complexity index is 1230. The number of piperidine rings is 2. The van der Waals surface area contributed by atoms with E-state index >= 15 is 0 Å². The number of amides is 2. The predicted octanol–water partition coefficient (Wildman–Crippen LogP) is 1.94. The molecule has 33 heavy (non-hydrogen) atoms. The second-order valence-electron chi connectivity index (χ2n) is 11.8. The van der Waals surface area contributed by atoms with Crippen molar-refractivity contribution in [2.45, 2.75) is 69.7 Å². The molecule has 4 fully saturated rings. The van der Waals surface area contributed by atoms with E-state index in [1.807, 2.05) is 49.1 Å². The van der Waals surface area contributed by atoms with Crippen LogP contribution in [-0.2, 0) is 9.59 Å². The Hall–Kier alpha value is -2.64. The number of quaternary nitrogens is 1. The van der Waals surface area contributed by atoms with E-state index in [4.69, 9.17) is 4.74 Å². The van der Waals surface area contributed by atoms with Gasteiger partial charge in [0.2, 0.25) is 5.91 Å². The zero-order chi connectivity index (χ0) is 23.1. The van der Waals surface area contributed by atoms with E-state index in [0.29, 0.717) is 30.8 Å². The Morgan fingerprint density at radius 3 is 2.79 bits per heavy atom. The molecule has 6 aliphatic heterocycles. The third-order valence-corrected chi connectivity index (χ3v) is 9.31. The molecule has 7 aliphatic rings. The van der Waals surface area contributed by atoms with E-state index < -0.39 is 22.1 Å². The van der Waals surface area contributed by atoms with Crippen LogP contribution in [0.3, 0.4) is 0 Å². The monoisotopic (exact) mass is 447 g/mol.